The molecule has 0 aromatic heterocycles. The average Bonchev–Trinajstić information content (AvgIpc) is 2.43. The number of rotatable bonds is 6. The number of nitrogens with zero attached hydrogens (tertiary/aromatic N) is 2. The van der Waals surface area contributed by atoms with Gasteiger partial charge in [0.2, 0.25) is 5.91 Å². The SMILES string of the molecule is CCN(CC)C(N)=NCCC(=O)Nc1ccc(Br)cc1.I. The topological polar surface area (TPSA) is 70.7 Å². The molecule has 118 valence electrons. The van der Waals surface area contributed by atoms with E-state index in [0.29, 0.717) is 18.9 Å². The summed E-state index contributed by atoms with van der Waals surface area (Å²) in [4.78, 5) is 17.9. The molecule has 0 saturated carbocycles. The van der Waals surface area contributed by atoms with Crippen LogP contribution in [0.15, 0.2) is 33.7 Å². The Balaban J connectivity index is 0.00000400. The van der Waals surface area contributed by atoms with E-state index in [0.717, 1.165) is 23.2 Å². The number of benzene rings is 1. The van der Waals surface area contributed by atoms with E-state index < -0.39 is 0 Å². The average molecular weight is 469 g/mol. The molecular formula is C14H22BrIN4O. The van der Waals surface area contributed by atoms with Gasteiger partial charge in [0.05, 0.1) is 6.54 Å². The van der Waals surface area contributed by atoms with Gasteiger partial charge in [-0.25, -0.2) is 0 Å². The first-order valence-corrected chi connectivity index (χ1v) is 7.46. The van der Waals surface area contributed by atoms with Crippen LogP contribution in [0.25, 0.3) is 0 Å². The third-order valence-corrected chi connectivity index (χ3v) is 3.36. The lowest BCUT2D eigenvalue weighted by atomic mass is 10.3. The summed E-state index contributed by atoms with van der Waals surface area (Å²) in [7, 11) is 0. The second-order valence-corrected chi connectivity index (χ2v) is 5.13. The molecule has 5 nitrogen and oxygen atoms in total. The summed E-state index contributed by atoms with van der Waals surface area (Å²) in [5.74, 6) is 0.426. The molecule has 0 saturated heterocycles. The summed E-state index contributed by atoms with van der Waals surface area (Å²) in [6.07, 6.45) is 0.317. The molecule has 0 aliphatic rings. The normalized spacial score (nSPS) is 10.7. The van der Waals surface area contributed by atoms with Gasteiger partial charge in [-0.1, -0.05) is 15.9 Å². The molecule has 1 aromatic rings. The van der Waals surface area contributed by atoms with E-state index in [1.54, 1.807) is 0 Å². The van der Waals surface area contributed by atoms with Crippen molar-refractivity contribution in [2.24, 2.45) is 10.7 Å². The van der Waals surface area contributed by atoms with Crippen LogP contribution in [0.3, 0.4) is 0 Å². The van der Waals surface area contributed by atoms with Crippen molar-refractivity contribution < 1.29 is 4.79 Å². The minimum absolute atomic E-state index is 0. The fraction of sp³-hybridized carbons (Fsp3) is 0.429. The van der Waals surface area contributed by atoms with Gasteiger partial charge in [0.1, 0.15) is 0 Å². The van der Waals surface area contributed by atoms with Gasteiger partial charge in [-0.05, 0) is 38.1 Å². The number of carbonyl (C=O) groups is 1. The highest BCUT2D eigenvalue weighted by Crippen LogP contribution is 2.14. The van der Waals surface area contributed by atoms with E-state index in [1.165, 1.54) is 0 Å². The van der Waals surface area contributed by atoms with Crippen LogP contribution < -0.4 is 11.1 Å². The minimum atomic E-state index is -0.0663. The molecule has 1 amide bonds. The summed E-state index contributed by atoms with van der Waals surface area (Å²) in [5.41, 5.74) is 6.61. The van der Waals surface area contributed by atoms with Gasteiger partial charge in [-0.2, -0.15) is 0 Å². The Morgan fingerprint density at radius 1 is 1.29 bits per heavy atom. The number of aliphatic imine (C=N–C) groups is 1. The van der Waals surface area contributed by atoms with E-state index in [1.807, 2.05) is 43.0 Å². The van der Waals surface area contributed by atoms with Crippen LogP contribution in [-0.4, -0.2) is 36.4 Å². The largest absolute Gasteiger partial charge is 0.370 e. The number of carbonyl (C=O) groups excluding carboxylic acids is 1. The van der Waals surface area contributed by atoms with Crippen LogP contribution in [0.2, 0.25) is 0 Å². The fourth-order valence-electron chi connectivity index (χ4n) is 1.68. The number of hydrogen-bond donors (Lipinski definition) is 2. The molecular weight excluding hydrogens is 447 g/mol. The van der Waals surface area contributed by atoms with E-state index in [-0.39, 0.29) is 29.9 Å². The Labute approximate surface area is 151 Å². The monoisotopic (exact) mass is 468 g/mol. The Morgan fingerprint density at radius 2 is 1.86 bits per heavy atom. The van der Waals surface area contributed by atoms with Crippen molar-refractivity contribution in [3.63, 3.8) is 0 Å². The first kappa shape index (κ1) is 20.2. The zero-order valence-corrected chi connectivity index (χ0v) is 16.2. The molecule has 0 atom stereocenters. The second-order valence-electron chi connectivity index (χ2n) is 4.22. The zero-order chi connectivity index (χ0) is 15.0. The summed E-state index contributed by atoms with van der Waals surface area (Å²) in [6.45, 7) is 6.07. The minimum Gasteiger partial charge on any atom is -0.370 e. The number of halogens is 2. The van der Waals surface area contributed by atoms with Gasteiger partial charge in [0.15, 0.2) is 5.96 Å². The van der Waals surface area contributed by atoms with Gasteiger partial charge in [-0.15, -0.1) is 24.0 Å². The van der Waals surface area contributed by atoms with E-state index in [2.05, 4.69) is 26.2 Å². The van der Waals surface area contributed by atoms with Crippen molar-refractivity contribution in [1.82, 2.24) is 4.90 Å². The number of nitrogens with one attached hydrogen (secondary N) is 1. The Morgan fingerprint density at radius 3 is 2.38 bits per heavy atom. The molecule has 3 N–H and O–H groups in total. The Kier molecular flexibility index (Phi) is 10.4. The van der Waals surface area contributed by atoms with Gasteiger partial charge >= 0.3 is 0 Å². The predicted octanol–water partition coefficient (Wildman–Crippen LogP) is 3.05. The van der Waals surface area contributed by atoms with Crippen molar-refractivity contribution in [2.75, 3.05) is 25.0 Å². The smallest absolute Gasteiger partial charge is 0.226 e. The lowest BCUT2D eigenvalue weighted by molar-refractivity contribution is -0.116. The number of anilines is 1. The highest BCUT2D eigenvalue weighted by Gasteiger charge is 2.04. The number of guanidine groups is 1. The molecule has 0 fully saturated rings. The molecule has 0 aliphatic heterocycles. The van der Waals surface area contributed by atoms with Crippen LogP contribution >= 0.6 is 39.9 Å². The molecule has 7 heteroatoms. The molecule has 21 heavy (non-hydrogen) atoms. The zero-order valence-electron chi connectivity index (χ0n) is 12.3. The number of amides is 1. The maximum absolute atomic E-state index is 11.7. The fourth-order valence-corrected chi connectivity index (χ4v) is 1.94. The first-order valence-electron chi connectivity index (χ1n) is 6.67. The highest BCUT2D eigenvalue weighted by molar-refractivity contribution is 14.0. The molecule has 0 heterocycles. The van der Waals surface area contributed by atoms with Crippen LogP contribution in [0, 0.1) is 0 Å². The molecule has 0 aliphatic carbocycles. The maximum atomic E-state index is 11.7. The van der Waals surface area contributed by atoms with Crippen LogP contribution in [-0.2, 0) is 4.79 Å². The van der Waals surface area contributed by atoms with Crippen molar-refractivity contribution >= 4 is 57.5 Å². The number of nitrogens with two attached hydrogens (primary N) is 1. The molecule has 1 rings (SSSR count). The summed E-state index contributed by atoms with van der Waals surface area (Å²) in [5, 5.41) is 2.82. The quantitative estimate of drug-likeness (QED) is 0.383. The Bertz CT molecular complexity index is 461. The summed E-state index contributed by atoms with van der Waals surface area (Å²) >= 11 is 3.35. The molecule has 0 spiro atoms. The highest BCUT2D eigenvalue weighted by atomic mass is 127. The molecule has 0 unspecified atom stereocenters. The summed E-state index contributed by atoms with van der Waals surface area (Å²) in [6, 6.07) is 7.45. The van der Waals surface area contributed by atoms with E-state index in [9.17, 15) is 4.79 Å². The van der Waals surface area contributed by atoms with Crippen molar-refractivity contribution in [3.05, 3.63) is 28.7 Å². The van der Waals surface area contributed by atoms with Crippen LogP contribution in [0.4, 0.5) is 5.69 Å². The third-order valence-electron chi connectivity index (χ3n) is 2.83. The molecule has 0 bridgehead atoms. The third kappa shape index (κ3) is 7.66. The van der Waals surface area contributed by atoms with Crippen molar-refractivity contribution in [3.8, 4) is 0 Å². The lowest BCUT2D eigenvalue weighted by Crippen LogP contribution is -2.37. The van der Waals surface area contributed by atoms with Gasteiger partial charge in [0.25, 0.3) is 0 Å². The Hall–Kier alpha value is -0.830. The van der Waals surface area contributed by atoms with E-state index >= 15 is 0 Å². The van der Waals surface area contributed by atoms with Crippen LogP contribution in [0.1, 0.15) is 20.3 Å². The molecule has 0 radical (unpaired) electrons. The van der Waals surface area contributed by atoms with Crippen molar-refractivity contribution in [2.45, 2.75) is 20.3 Å². The molecule has 1 aromatic carbocycles. The second kappa shape index (κ2) is 10.8. The van der Waals surface area contributed by atoms with Gasteiger partial charge in [-0.3, -0.25) is 9.79 Å². The standard InChI is InChI=1S/C14H21BrN4O.HI/c1-3-19(4-2)14(16)17-10-9-13(20)18-12-7-5-11(15)6-8-12;/h5-8H,3-4,9-10H2,1-2H3,(H2,16,17)(H,18,20);1H. The first-order chi connectivity index (χ1) is 9.56. The van der Waals surface area contributed by atoms with Crippen molar-refractivity contribution in [1.29, 1.82) is 0 Å². The van der Waals surface area contributed by atoms with Gasteiger partial charge in [0, 0.05) is 29.7 Å². The maximum Gasteiger partial charge on any atom is 0.226 e. The lowest BCUT2D eigenvalue weighted by Gasteiger charge is -2.19. The number of hydrogen-bond acceptors (Lipinski definition) is 2. The predicted molar refractivity (Wildman–Crippen MR) is 102 cm³/mol. The summed E-state index contributed by atoms with van der Waals surface area (Å²) < 4.78 is 0.979. The van der Waals surface area contributed by atoms with Gasteiger partial charge < -0.3 is 16.0 Å². The van der Waals surface area contributed by atoms with Crippen LogP contribution in [0.5, 0.6) is 0 Å². The van der Waals surface area contributed by atoms with E-state index in [4.69, 9.17) is 5.73 Å².